The van der Waals surface area contributed by atoms with Gasteiger partial charge in [0.15, 0.2) is 0 Å². The van der Waals surface area contributed by atoms with Crippen molar-refractivity contribution in [2.75, 3.05) is 5.32 Å². The number of benzene rings is 2. The van der Waals surface area contributed by atoms with Crippen LogP contribution in [0.3, 0.4) is 0 Å². The molecule has 2 nitrogen and oxygen atoms in total. The highest BCUT2D eigenvalue weighted by Gasteiger charge is 2.43. The molecule has 0 spiro atoms. The smallest absolute Gasteiger partial charge is 0.235 e. The molecule has 0 unspecified atom stereocenters. The average molecular weight is 301 g/mol. The zero-order valence-electron chi connectivity index (χ0n) is 12.1. The number of nitrogens with one attached hydrogen (secondary N) is 1. The number of hydrogen-bond acceptors (Lipinski definition) is 1. The fraction of sp³-hybridized carbons (Fsp3) is 0.278. The van der Waals surface area contributed by atoms with Crippen molar-refractivity contribution in [1.82, 2.24) is 0 Å². The number of hydrogen-bond donors (Lipinski definition) is 1. The van der Waals surface area contributed by atoms with E-state index >= 15 is 0 Å². The van der Waals surface area contributed by atoms with Gasteiger partial charge >= 0.3 is 0 Å². The van der Waals surface area contributed by atoms with Gasteiger partial charge in [0.25, 0.3) is 0 Å². The topological polar surface area (TPSA) is 29.1 Å². The Kier molecular flexibility index (Phi) is 3.92. The normalized spacial score (nSPS) is 16.5. The third-order valence-corrected chi connectivity index (χ3v) is 4.39. The summed E-state index contributed by atoms with van der Waals surface area (Å²) in [6.45, 7) is 0. The fourth-order valence-electron chi connectivity index (χ4n) is 3.22. The molecule has 0 bridgehead atoms. The van der Waals surface area contributed by atoms with E-state index in [2.05, 4.69) is 5.32 Å². The van der Waals surface area contributed by atoms with E-state index in [0.29, 0.717) is 18.4 Å². The minimum Gasteiger partial charge on any atom is -0.323 e. The van der Waals surface area contributed by atoms with Gasteiger partial charge in [-0.3, -0.25) is 4.79 Å². The molecule has 0 heterocycles. The summed E-state index contributed by atoms with van der Waals surface area (Å²) < 4.78 is 27.3. The van der Waals surface area contributed by atoms with Gasteiger partial charge in [0.05, 0.1) is 11.1 Å². The van der Waals surface area contributed by atoms with Crippen molar-refractivity contribution in [1.29, 1.82) is 0 Å². The molecule has 1 N–H and O–H groups in total. The summed E-state index contributed by atoms with van der Waals surface area (Å²) in [5.74, 6) is -1.09. The summed E-state index contributed by atoms with van der Waals surface area (Å²) >= 11 is 0. The van der Waals surface area contributed by atoms with Crippen LogP contribution in [0, 0.1) is 11.6 Å². The number of anilines is 1. The van der Waals surface area contributed by atoms with Crippen molar-refractivity contribution in [3.63, 3.8) is 0 Å². The predicted molar refractivity (Wildman–Crippen MR) is 81.6 cm³/mol. The number of carbonyl (C=O) groups excluding carboxylic acids is 1. The third-order valence-electron chi connectivity index (χ3n) is 4.39. The molecule has 0 aliphatic heterocycles. The molecular formula is C18H17F2NO. The molecule has 1 amide bonds. The summed E-state index contributed by atoms with van der Waals surface area (Å²) in [6.07, 6.45) is 3.11. The van der Waals surface area contributed by atoms with Crippen LogP contribution >= 0.6 is 0 Å². The van der Waals surface area contributed by atoms with Gasteiger partial charge in [0.2, 0.25) is 5.91 Å². The van der Waals surface area contributed by atoms with Crippen LogP contribution in [0.2, 0.25) is 0 Å². The van der Waals surface area contributed by atoms with Crippen molar-refractivity contribution < 1.29 is 13.6 Å². The first kappa shape index (κ1) is 14.7. The molecule has 1 aliphatic carbocycles. The van der Waals surface area contributed by atoms with E-state index in [4.69, 9.17) is 0 Å². The summed E-state index contributed by atoms with van der Waals surface area (Å²) in [5.41, 5.74) is 0.0544. The van der Waals surface area contributed by atoms with Crippen molar-refractivity contribution in [2.45, 2.75) is 31.1 Å². The van der Waals surface area contributed by atoms with Crippen LogP contribution < -0.4 is 5.32 Å². The second-order valence-electron chi connectivity index (χ2n) is 5.73. The van der Waals surface area contributed by atoms with Crippen molar-refractivity contribution >= 4 is 11.6 Å². The number of amides is 1. The van der Waals surface area contributed by atoms with Crippen molar-refractivity contribution in [3.8, 4) is 0 Å². The number of rotatable bonds is 3. The molecule has 0 aromatic heterocycles. The summed E-state index contributed by atoms with van der Waals surface area (Å²) in [4.78, 5) is 12.8. The van der Waals surface area contributed by atoms with Crippen LogP contribution in [0.5, 0.6) is 0 Å². The molecule has 22 heavy (non-hydrogen) atoms. The van der Waals surface area contributed by atoms with Gasteiger partial charge in [-0.15, -0.1) is 0 Å². The van der Waals surface area contributed by atoms with Gasteiger partial charge in [-0.05, 0) is 42.7 Å². The lowest BCUT2D eigenvalue weighted by Gasteiger charge is -2.28. The molecule has 1 saturated carbocycles. The SMILES string of the molecule is O=C(Nc1ccccc1F)C1(c2cccc(F)c2)CCCC1. The molecule has 2 aromatic rings. The molecule has 4 heteroatoms. The van der Waals surface area contributed by atoms with Gasteiger partial charge in [-0.2, -0.15) is 0 Å². The van der Waals surface area contributed by atoms with Gasteiger partial charge < -0.3 is 5.32 Å². The van der Waals surface area contributed by atoms with Crippen LogP contribution in [0.25, 0.3) is 0 Å². The van der Waals surface area contributed by atoms with Gasteiger partial charge in [-0.25, -0.2) is 8.78 Å². The Morgan fingerprint density at radius 2 is 1.73 bits per heavy atom. The summed E-state index contributed by atoms with van der Waals surface area (Å²) in [6, 6.07) is 12.2. The van der Waals surface area contributed by atoms with Crippen LogP contribution in [0.1, 0.15) is 31.2 Å². The van der Waals surface area contributed by atoms with Crippen LogP contribution in [0.4, 0.5) is 14.5 Å². The monoisotopic (exact) mass is 301 g/mol. The van der Waals surface area contributed by atoms with E-state index < -0.39 is 11.2 Å². The number of para-hydroxylation sites is 1. The molecule has 114 valence electrons. The first-order valence-electron chi connectivity index (χ1n) is 7.44. The molecule has 0 saturated heterocycles. The predicted octanol–water partition coefficient (Wildman–Crippen LogP) is 4.42. The maximum absolute atomic E-state index is 13.8. The largest absolute Gasteiger partial charge is 0.323 e. The second-order valence-corrected chi connectivity index (χ2v) is 5.73. The lowest BCUT2D eigenvalue weighted by atomic mass is 9.78. The zero-order valence-corrected chi connectivity index (χ0v) is 12.1. The minimum atomic E-state index is -0.773. The van der Waals surface area contributed by atoms with E-state index in [1.807, 2.05) is 0 Å². The molecular weight excluding hydrogens is 284 g/mol. The van der Waals surface area contributed by atoms with Gasteiger partial charge in [-0.1, -0.05) is 37.1 Å². The average Bonchev–Trinajstić information content (AvgIpc) is 3.00. The molecule has 0 radical (unpaired) electrons. The Balaban J connectivity index is 1.94. The Labute approximate surface area is 128 Å². The van der Waals surface area contributed by atoms with Gasteiger partial charge in [0, 0.05) is 0 Å². The van der Waals surface area contributed by atoms with E-state index in [1.165, 1.54) is 24.3 Å². The standard InChI is InChI=1S/C18H17F2NO/c19-14-7-5-6-13(12-14)18(10-3-4-11-18)17(22)21-16-9-2-1-8-15(16)20/h1-2,5-9,12H,3-4,10-11H2,(H,21,22). The lowest BCUT2D eigenvalue weighted by Crippen LogP contribution is -2.38. The van der Waals surface area contributed by atoms with Crippen molar-refractivity contribution in [2.24, 2.45) is 0 Å². The van der Waals surface area contributed by atoms with Crippen LogP contribution in [-0.4, -0.2) is 5.91 Å². The Hall–Kier alpha value is -2.23. The molecule has 1 aliphatic rings. The zero-order chi connectivity index (χ0) is 15.6. The van der Waals surface area contributed by atoms with E-state index in [1.54, 1.807) is 24.3 Å². The number of carbonyl (C=O) groups is 1. The van der Waals surface area contributed by atoms with Gasteiger partial charge in [0.1, 0.15) is 11.6 Å². The number of halogens is 2. The Bertz CT molecular complexity index is 693. The summed E-state index contributed by atoms with van der Waals surface area (Å²) in [7, 11) is 0. The summed E-state index contributed by atoms with van der Waals surface area (Å²) in [5, 5.41) is 2.67. The first-order chi connectivity index (χ1) is 10.6. The second kappa shape index (κ2) is 5.87. The maximum atomic E-state index is 13.8. The highest BCUT2D eigenvalue weighted by molar-refractivity contribution is 5.99. The quantitative estimate of drug-likeness (QED) is 0.893. The minimum absolute atomic E-state index is 0.162. The van der Waals surface area contributed by atoms with Crippen LogP contribution in [0.15, 0.2) is 48.5 Å². The Morgan fingerprint density at radius 3 is 2.41 bits per heavy atom. The fourth-order valence-corrected chi connectivity index (χ4v) is 3.22. The molecule has 0 atom stereocenters. The Morgan fingerprint density at radius 1 is 1.00 bits per heavy atom. The highest BCUT2D eigenvalue weighted by Crippen LogP contribution is 2.42. The van der Waals surface area contributed by atoms with E-state index in [0.717, 1.165) is 12.8 Å². The van der Waals surface area contributed by atoms with Crippen LogP contribution in [-0.2, 0) is 10.2 Å². The first-order valence-corrected chi connectivity index (χ1v) is 7.44. The van der Waals surface area contributed by atoms with E-state index in [9.17, 15) is 13.6 Å². The van der Waals surface area contributed by atoms with E-state index in [-0.39, 0.29) is 17.4 Å². The maximum Gasteiger partial charge on any atom is 0.235 e. The lowest BCUT2D eigenvalue weighted by molar-refractivity contribution is -0.121. The molecule has 2 aromatic carbocycles. The third kappa shape index (κ3) is 2.61. The molecule has 3 rings (SSSR count). The highest BCUT2D eigenvalue weighted by atomic mass is 19.1. The van der Waals surface area contributed by atoms with Crippen molar-refractivity contribution in [3.05, 3.63) is 65.7 Å². The molecule has 1 fully saturated rings.